The van der Waals surface area contributed by atoms with E-state index in [4.69, 9.17) is 0 Å². The number of hydrogen-bond donors (Lipinski definition) is 1. The summed E-state index contributed by atoms with van der Waals surface area (Å²) in [6.45, 7) is 2.32. The van der Waals surface area contributed by atoms with Crippen LogP contribution in [0.2, 0.25) is 0 Å². The van der Waals surface area contributed by atoms with Gasteiger partial charge in [0.05, 0.1) is 0 Å². The molecule has 3 heteroatoms. The molecule has 0 saturated heterocycles. The average molecular weight is 413 g/mol. The van der Waals surface area contributed by atoms with E-state index < -0.39 is 0 Å². The Hall–Kier alpha value is 0.140. The molecule has 4 bridgehead atoms. The fourth-order valence-corrected chi connectivity index (χ4v) is 6.82. The number of benzene rings is 1. The van der Waals surface area contributed by atoms with Crippen LogP contribution >= 0.6 is 31.9 Å². The lowest BCUT2D eigenvalue weighted by Crippen LogP contribution is -2.54. The fraction of sp³-hybridized carbons (Fsp3) is 0.667. The molecule has 4 aliphatic rings. The molecule has 4 saturated carbocycles. The summed E-state index contributed by atoms with van der Waals surface area (Å²) >= 11 is 7.26. The topological polar surface area (TPSA) is 12.0 Å². The first-order chi connectivity index (χ1) is 10.1. The predicted molar refractivity (Wildman–Crippen MR) is 94.2 cm³/mol. The van der Waals surface area contributed by atoms with Gasteiger partial charge in [0.25, 0.3) is 0 Å². The fourth-order valence-electron chi connectivity index (χ4n) is 5.43. The first-order valence-electron chi connectivity index (χ1n) is 8.31. The Morgan fingerprint density at radius 3 is 2.19 bits per heavy atom. The second kappa shape index (κ2) is 5.65. The van der Waals surface area contributed by atoms with Gasteiger partial charge in [-0.2, -0.15) is 0 Å². The van der Waals surface area contributed by atoms with Crippen molar-refractivity contribution in [3.05, 3.63) is 32.7 Å². The predicted octanol–water partition coefficient (Wildman–Crippen LogP) is 5.69. The van der Waals surface area contributed by atoms with Crippen LogP contribution in [0.5, 0.6) is 0 Å². The smallest absolute Gasteiger partial charge is 0.0305 e. The molecule has 1 aromatic carbocycles. The average Bonchev–Trinajstić information content (AvgIpc) is 2.41. The maximum absolute atomic E-state index is 3.99. The lowest BCUT2D eigenvalue weighted by atomic mass is 9.54. The van der Waals surface area contributed by atoms with Crippen LogP contribution in [0.15, 0.2) is 27.1 Å². The summed E-state index contributed by atoms with van der Waals surface area (Å²) in [7, 11) is 0. The number of rotatable bonds is 3. The molecule has 1 atom stereocenters. The second-order valence-electron chi connectivity index (χ2n) is 7.51. The first-order valence-corrected chi connectivity index (χ1v) is 9.89. The highest BCUT2D eigenvalue weighted by molar-refractivity contribution is 9.11. The Balaban J connectivity index is 1.50. The zero-order chi connectivity index (χ0) is 14.6. The van der Waals surface area contributed by atoms with Crippen LogP contribution in [0, 0.1) is 23.7 Å². The Morgan fingerprint density at radius 1 is 1.00 bits per heavy atom. The number of halogens is 2. The van der Waals surface area contributed by atoms with Gasteiger partial charge in [-0.3, -0.25) is 0 Å². The van der Waals surface area contributed by atoms with Crippen molar-refractivity contribution in [3.63, 3.8) is 0 Å². The van der Waals surface area contributed by atoms with E-state index in [0.717, 1.165) is 34.2 Å². The Bertz CT molecular complexity index is 514. The van der Waals surface area contributed by atoms with Crippen molar-refractivity contribution in [2.75, 3.05) is 0 Å². The summed E-state index contributed by atoms with van der Waals surface area (Å²) in [5.41, 5.74) is 1.38. The highest BCUT2D eigenvalue weighted by Crippen LogP contribution is 2.54. The van der Waals surface area contributed by atoms with E-state index in [2.05, 4.69) is 62.3 Å². The molecule has 0 heterocycles. The van der Waals surface area contributed by atoms with E-state index in [9.17, 15) is 0 Å². The second-order valence-corrected chi connectivity index (χ2v) is 9.28. The Kier molecular flexibility index (Phi) is 3.96. The molecule has 5 rings (SSSR count). The molecule has 4 aliphatic carbocycles. The van der Waals surface area contributed by atoms with E-state index in [0.29, 0.717) is 6.04 Å². The summed E-state index contributed by atoms with van der Waals surface area (Å²) in [6.07, 6.45) is 7.48. The van der Waals surface area contributed by atoms with E-state index in [-0.39, 0.29) is 0 Å². The van der Waals surface area contributed by atoms with Gasteiger partial charge in [0, 0.05) is 21.0 Å². The summed E-state index contributed by atoms with van der Waals surface area (Å²) in [5.74, 6) is 4.00. The minimum atomic E-state index is 0.426. The van der Waals surface area contributed by atoms with Crippen LogP contribution in [-0.2, 0) is 0 Å². The third-order valence-electron chi connectivity index (χ3n) is 6.10. The van der Waals surface area contributed by atoms with Gasteiger partial charge in [0.2, 0.25) is 0 Å². The maximum Gasteiger partial charge on any atom is 0.0305 e. The first kappa shape index (κ1) is 14.7. The lowest BCUT2D eigenvalue weighted by Gasteiger charge is -2.55. The summed E-state index contributed by atoms with van der Waals surface area (Å²) in [5, 5.41) is 3.99. The minimum Gasteiger partial charge on any atom is -0.307 e. The molecular weight excluding hydrogens is 390 g/mol. The molecule has 0 aliphatic heterocycles. The zero-order valence-electron chi connectivity index (χ0n) is 12.5. The van der Waals surface area contributed by atoms with Crippen LogP contribution < -0.4 is 5.32 Å². The Morgan fingerprint density at radius 2 is 1.62 bits per heavy atom. The summed E-state index contributed by atoms with van der Waals surface area (Å²) in [6, 6.07) is 7.72. The summed E-state index contributed by atoms with van der Waals surface area (Å²) in [4.78, 5) is 0. The number of hydrogen-bond acceptors (Lipinski definition) is 1. The van der Waals surface area contributed by atoms with Crippen LogP contribution in [0.3, 0.4) is 0 Å². The van der Waals surface area contributed by atoms with Crippen molar-refractivity contribution in [3.8, 4) is 0 Å². The van der Waals surface area contributed by atoms with E-state index in [1.165, 1.54) is 42.1 Å². The molecule has 21 heavy (non-hydrogen) atoms. The van der Waals surface area contributed by atoms with Crippen LogP contribution in [0.4, 0.5) is 0 Å². The van der Waals surface area contributed by atoms with Crippen molar-refractivity contribution in [1.82, 2.24) is 5.32 Å². The van der Waals surface area contributed by atoms with Gasteiger partial charge in [-0.25, -0.2) is 0 Å². The van der Waals surface area contributed by atoms with Gasteiger partial charge in [-0.05, 0) is 80.4 Å². The van der Waals surface area contributed by atoms with E-state index in [1.807, 2.05) is 0 Å². The maximum atomic E-state index is 3.99. The van der Waals surface area contributed by atoms with Crippen molar-refractivity contribution >= 4 is 31.9 Å². The normalized spacial score (nSPS) is 38.7. The highest BCUT2D eigenvalue weighted by Gasteiger charge is 2.48. The van der Waals surface area contributed by atoms with E-state index >= 15 is 0 Å². The van der Waals surface area contributed by atoms with Crippen LogP contribution in [0.25, 0.3) is 0 Å². The van der Waals surface area contributed by atoms with Crippen molar-refractivity contribution in [1.29, 1.82) is 0 Å². The van der Waals surface area contributed by atoms with Gasteiger partial charge in [-0.1, -0.05) is 37.9 Å². The monoisotopic (exact) mass is 411 g/mol. The lowest BCUT2D eigenvalue weighted by molar-refractivity contribution is -0.0171. The largest absolute Gasteiger partial charge is 0.307 e. The van der Waals surface area contributed by atoms with Crippen LogP contribution in [0.1, 0.15) is 50.6 Å². The SMILES string of the molecule is CC(NC1C2CC3CC(C2)CC1C3)c1ccc(Br)cc1Br. The third-order valence-corrected chi connectivity index (χ3v) is 7.28. The quantitative estimate of drug-likeness (QED) is 0.672. The molecule has 114 valence electrons. The van der Waals surface area contributed by atoms with Gasteiger partial charge < -0.3 is 5.32 Å². The minimum absolute atomic E-state index is 0.426. The molecule has 1 unspecified atom stereocenters. The van der Waals surface area contributed by atoms with Crippen molar-refractivity contribution < 1.29 is 0 Å². The molecule has 0 amide bonds. The molecule has 0 spiro atoms. The van der Waals surface area contributed by atoms with Crippen molar-refractivity contribution in [2.24, 2.45) is 23.7 Å². The number of nitrogens with one attached hydrogen (secondary N) is 1. The summed E-state index contributed by atoms with van der Waals surface area (Å²) < 4.78 is 2.35. The van der Waals surface area contributed by atoms with Gasteiger partial charge in [-0.15, -0.1) is 0 Å². The molecule has 1 aromatic rings. The van der Waals surface area contributed by atoms with Gasteiger partial charge in [0.1, 0.15) is 0 Å². The van der Waals surface area contributed by atoms with Crippen LogP contribution in [-0.4, -0.2) is 6.04 Å². The molecular formula is C18H23Br2N. The highest BCUT2D eigenvalue weighted by atomic mass is 79.9. The molecule has 0 aromatic heterocycles. The standard InChI is InChI=1S/C18H23Br2N/c1-10(16-3-2-15(19)9-17(16)20)21-18-13-5-11-4-12(7-13)8-14(18)6-11/h2-3,9-14,18,21H,4-8H2,1H3. The zero-order valence-corrected chi connectivity index (χ0v) is 15.7. The van der Waals surface area contributed by atoms with Gasteiger partial charge in [0.15, 0.2) is 0 Å². The molecule has 4 fully saturated rings. The van der Waals surface area contributed by atoms with E-state index in [1.54, 1.807) is 0 Å². The van der Waals surface area contributed by atoms with Gasteiger partial charge >= 0.3 is 0 Å². The van der Waals surface area contributed by atoms with Crippen molar-refractivity contribution in [2.45, 2.75) is 51.1 Å². The molecule has 1 nitrogen and oxygen atoms in total. The third kappa shape index (κ3) is 2.74. The molecule has 0 radical (unpaired) electrons. The molecule has 1 N–H and O–H groups in total. The Labute approximate surface area is 144 Å².